The fraction of sp³-hybridized carbons (Fsp3) is 0.0566. The normalized spacial score (nSPS) is 12.3. The van der Waals surface area contributed by atoms with Gasteiger partial charge in [0, 0.05) is 0 Å². The van der Waals surface area contributed by atoms with Gasteiger partial charge in [0.25, 0.3) is 0 Å². The summed E-state index contributed by atoms with van der Waals surface area (Å²) in [5.41, 5.74) is 13.1. The number of rotatable bonds is 12. The number of carbonyl (C=O) groups is 2. The molecule has 2 N–H and O–H groups in total. The van der Waals surface area contributed by atoms with Crippen LogP contribution in [0.15, 0.2) is 194 Å². The zero-order valence-electron chi connectivity index (χ0n) is 31.9. The second-order valence-electron chi connectivity index (χ2n) is 14.6. The molecule has 1 aliphatic carbocycles. The van der Waals surface area contributed by atoms with Crippen LogP contribution in [-0.4, -0.2) is 22.2 Å². The third-order valence-corrected chi connectivity index (χ3v) is 11.2. The van der Waals surface area contributed by atoms with E-state index in [1.165, 1.54) is 22.3 Å². The van der Waals surface area contributed by atoms with Gasteiger partial charge < -0.3 is 19.7 Å². The molecule has 59 heavy (non-hydrogen) atoms. The van der Waals surface area contributed by atoms with Crippen molar-refractivity contribution in [3.8, 4) is 44.9 Å². The maximum Gasteiger partial charge on any atom is 0.335 e. The molecule has 0 heterocycles. The lowest BCUT2D eigenvalue weighted by molar-refractivity contribution is 0.0686. The highest BCUT2D eigenvalue weighted by Gasteiger charge is 2.45. The molecule has 0 radical (unpaired) electrons. The van der Waals surface area contributed by atoms with Gasteiger partial charge in [-0.25, -0.2) is 9.59 Å². The van der Waals surface area contributed by atoms with E-state index in [-0.39, 0.29) is 11.1 Å². The van der Waals surface area contributed by atoms with Crippen LogP contribution in [0.2, 0.25) is 0 Å². The first-order chi connectivity index (χ1) is 28.9. The Morgan fingerprint density at radius 2 is 0.712 bits per heavy atom. The molecule has 6 heteroatoms. The minimum absolute atomic E-state index is 0.266. The van der Waals surface area contributed by atoms with Crippen LogP contribution in [0.4, 0.5) is 0 Å². The summed E-state index contributed by atoms with van der Waals surface area (Å²) in [6, 6.07) is 64.2. The first-order valence-electron chi connectivity index (χ1n) is 19.4. The van der Waals surface area contributed by atoms with E-state index < -0.39 is 17.4 Å². The molecule has 0 amide bonds. The number of hydrogen-bond acceptors (Lipinski definition) is 4. The topological polar surface area (TPSA) is 93.1 Å². The monoisotopic (exact) mass is 770 g/mol. The molecule has 0 atom stereocenters. The van der Waals surface area contributed by atoms with Crippen molar-refractivity contribution in [2.75, 3.05) is 0 Å². The van der Waals surface area contributed by atoms with Crippen LogP contribution in [0.25, 0.3) is 33.4 Å². The van der Waals surface area contributed by atoms with E-state index in [9.17, 15) is 19.8 Å². The third-order valence-electron chi connectivity index (χ3n) is 11.2. The molecule has 9 rings (SSSR count). The Kier molecular flexibility index (Phi) is 9.81. The van der Waals surface area contributed by atoms with E-state index in [4.69, 9.17) is 9.47 Å². The molecule has 0 aliphatic heterocycles. The van der Waals surface area contributed by atoms with Crippen LogP contribution >= 0.6 is 0 Å². The molecule has 8 aromatic carbocycles. The summed E-state index contributed by atoms with van der Waals surface area (Å²) >= 11 is 0. The molecular formula is C53H38O6. The third kappa shape index (κ3) is 7.13. The van der Waals surface area contributed by atoms with E-state index in [0.29, 0.717) is 13.2 Å². The van der Waals surface area contributed by atoms with Crippen molar-refractivity contribution < 1.29 is 29.3 Å². The quantitative estimate of drug-likeness (QED) is 0.128. The Morgan fingerprint density at radius 1 is 0.390 bits per heavy atom. The standard InChI is InChI=1S/C53H38O6/c54-51(55)41-21-17-39(18-22-41)37-13-9-35(10-14-37)33-58-45-29-25-43(26-30-45)53(49-7-3-1-5-47(49)48-6-2-4-8-50(48)53)44-27-31-46(32-28-44)59-34-36-11-15-38(16-12-36)40-19-23-42(24-20-40)52(56)57/h1-32H,33-34H2,(H,54,55)(H,56,57). The Morgan fingerprint density at radius 3 is 1.05 bits per heavy atom. The average molecular weight is 771 g/mol. The summed E-state index contributed by atoms with van der Waals surface area (Å²) in [7, 11) is 0. The van der Waals surface area contributed by atoms with E-state index in [2.05, 4.69) is 72.8 Å². The maximum absolute atomic E-state index is 11.2. The highest BCUT2D eigenvalue weighted by atomic mass is 16.5. The predicted molar refractivity (Wildman–Crippen MR) is 230 cm³/mol. The number of carboxylic acids is 2. The van der Waals surface area contributed by atoms with Crippen LogP contribution in [0, 0.1) is 0 Å². The van der Waals surface area contributed by atoms with Gasteiger partial charge in [0.15, 0.2) is 0 Å². The van der Waals surface area contributed by atoms with Crippen molar-refractivity contribution in [3.63, 3.8) is 0 Å². The van der Waals surface area contributed by atoms with Crippen molar-refractivity contribution >= 4 is 11.9 Å². The minimum Gasteiger partial charge on any atom is -0.489 e. The Bertz CT molecular complexity index is 2570. The first-order valence-corrected chi connectivity index (χ1v) is 19.4. The fourth-order valence-corrected chi connectivity index (χ4v) is 8.16. The molecule has 0 spiro atoms. The second-order valence-corrected chi connectivity index (χ2v) is 14.6. The number of ether oxygens (including phenoxy) is 2. The summed E-state index contributed by atoms with van der Waals surface area (Å²) in [6.07, 6.45) is 0. The van der Waals surface area contributed by atoms with Crippen LogP contribution in [0.3, 0.4) is 0 Å². The number of benzene rings is 8. The van der Waals surface area contributed by atoms with E-state index in [0.717, 1.165) is 56.0 Å². The van der Waals surface area contributed by atoms with Crippen molar-refractivity contribution in [2.24, 2.45) is 0 Å². The second kappa shape index (κ2) is 15.7. The molecule has 0 aromatic heterocycles. The maximum atomic E-state index is 11.2. The lowest BCUT2D eigenvalue weighted by Crippen LogP contribution is -2.28. The lowest BCUT2D eigenvalue weighted by atomic mass is 9.68. The van der Waals surface area contributed by atoms with Gasteiger partial charge in [0.2, 0.25) is 0 Å². The van der Waals surface area contributed by atoms with Gasteiger partial charge in [-0.05, 0) is 115 Å². The van der Waals surface area contributed by atoms with Crippen LogP contribution in [0.5, 0.6) is 11.5 Å². The molecule has 0 bridgehead atoms. The highest BCUT2D eigenvalue weighted by Crippen LogP contribution is 2.56. The van der Waals surface area contributed by atoms with E-state index in [1.54, 1.807) is 24.3 Å². The van der Waals surface area contributed by atoms with E-state index >= 15 is 0 Å². The summed E-state index contributed by atoms with van der Waals surface area (Å²) in [5, 5.41) is 18.4. The smallest absolute Gasteiger partial charge is 0.335 e. The van der Waals surface area contributed by atoms with Gasteiger partial charge >= 0.3 is 11.9 Å². The summed E-state index contributed by atoms with van der Waals surface area (Å²) in [4.78, 5) is 22.5. The molecule has 0 fully saturated rings. The minimum atomic E-state index is -0.937. The van der Waals surface area contributed by atoms with Crippen molar-refractivity contribution in [3.05, 3.63) is 239 Å². The zero-order valence-corrected chi connectivity index (χ0v) is 31.9. The van der Waals surface area contributed by atoms with Crippen molar-refractivity contribution in [2.45, 2.75) is 18.6 Å². The Hall–Kier alpha value is -7.70. The SMILES string of the molecule is O=C(O)c1ccc(-c2ccc(COc3ccc(C4(c5ccc(OCc6ccc(-c7ccc(C(=O)O)cc7)cc6)cc5)c5ccccc5-c5ccccc54)cc3)cc2)cc1. The average Bonchev–Trinajstić information content (AvgIpc) is 3.59. The summed E-state index contributed by atoms with van der Waals surface area (Å²) in [5.74, 6) is -0.338. The lowest BCUT2D eigenvalue weighted by Gasteiger charge is -2.34. The fourth-order valence-electron chi connectivity index (χ4n) is 8.16. The summed E-state index contributed by atoms with van der Waals surface area (Å²) in [6.45, 7) is 0.810. The predicted octanol–water partition coefficient (Wildman–Crippen LogP) is 11.9. The largest absolute Gasteiger partial charge is 0.489 e. The number of fused-ring (bicyclic) bond motifs is 3. The van der Waals surface area contributed by atoms with Gasteiger partial charge in [-0.3, -0.25) is 0 Å². The van der Waals surface area contributed by atoms with Crippen LogP contribution in [0.1, 0.15) is 54.1 Å². The first kappa shape index (κ1) is 36.9. The van der Waals surface area contributed by atoms with Gasteiger partial charge in [-0.2, -0.15) is 0 Å². The molecule has 8 aromatic rings. The molecule has 0 saturated carbocycles. The molecule has 0 saturated heterocycles. The number of carboxylic acid groups (broad SMARTS) is 2. The van der Waals surface area contributed by atoms with Crippen molar-refractivity contribution in [1.82, 2.24) is 0 Å². The summed E-state index contributed by atoms with van der Waals surface area (Å²) < 4.78 is 12.6. The molecule has 6 nitrogen and oxygen atoms in total. The van der Waals surface area contributed by atoms with Crippen LogP contribution < -0.4 is 9.47 Å². The van der Waals surface area contributed by atoms with Crippen LogP contribution in [-0.2, 0) is 18.6 Å². The Balaban J connectivity index is 0.943. The van der Waals surface area contributed by atoms with E-state index in [1.807, 2.05) is 97.1 Å². The molecule has 286 valence electrons. The van der Waals surface area contributed by atoms with Gasteiger partial charge in [0.05, 0.1) is 16.5 Å². The molecule has 1 aliphatic rings. The Labute approximate surface area is 342 Å². The number of hydrogen-bond donors (Lipinski definition) is 2. The molecule has 0 unspecified atom stereocenters. The van der Waals surface area contributed by atoms with Gasteiger partial charge in [-0.15, -0.1) is 0 Å². The van der Waals surface area contributed by atoms with Crippen molar-refractivity contribution in [1.29, 1.82) is 0 Å². The molecular weight excluding hydrogens is 733 g/mol. The zero-order chi connectivity index (χ0) is 40.3. The number of aromatic carboxylic acids is 2. The van der Waals surface area contributed by atoms with Gasteiger partial charge in [-0.1, -0.05) is 146 Å². The highest BCUT2D eigenvalue weighted by molar-refractivity contribution is 5.89. The van der Waals surface area contributed by atoms with Gasteiger partial charge in [0.1, 0.15) is 24.7 Å².